The van der Waals surface area contributed by atoms with Crippen molar-refractivity contribution in [2.45, 2.75) is 19.0 Å². The van der Waals surface area contributed by atoms with Crippen LogP contribution in [0.25, 0.3) is 11.1 Å². The van der Waals surface area contributed by atoms with Gasteiger partial charge in [-0.2, -0.15) is 0 Å². The Labute approximate surface area is 130 Å². The third-order valence-corrected chi connectivity index (χ3v) is 4.14. The lowest BCUT2D eigenvalue weighted by Gasteiger charge is -2.18. The molecule has 4 heteroatoms. The van der Waals surface area contributed by atoms with Crippen LogP contribution < -0.4 is 5.73 Å². The number of hydrogen-bond acceptors (Lipinski definition) is 3. The zero-order valence-corrected chi connectivity index (χ0v) is 12.4. The molecular weight excluding hydrogens is 276 g/mol. The van der Waals surface area contributed by atoms with Gasteiger partial charge in [-0.15, -0.1) is 0 Å². The molecule has 1 atom stereocenters. The number of benzene rings is 2. The van der Waals surface area contributed by atoms with Crippen LogP contribution in [0, 0.1) is 0 Å². The summed E-state index contributed by atoms with van der Waals surface area (Å²) in [5.74, 6) is -0.890. The summed E-state index contributed by atoms with van der Waals surface area (Å²) in [6.45, 7) is 2.57. The van der Waals surface area contributed by atoms with E-state index < -0.39 is 5.97 Å². The number of likely N-dealkylation sites (tertiary alicyclic amines) is 1. The SMILES string of the molecule is NC1CCN(Cc2cc(C(=O)O)ccc2-c2ccccc2)C1. The third-order valence-electron chi connectivity index (χ3n) is 4.14. The van der Waals surface area contributed by atoms with E-state index in [1.807, 2.05) is 24.3 Å². The van der Waals surface area contributed by atoms with Crippen molar-refractivity contribution in [3.05, 3.63) is 59.7 Å². The van der Waals surface area contributed by atoms with E-state index in [4.69, 9.17) is 5.73 Å². The van der Waals surface area contributed by atoms with Gasteiger partial charge in [-0.3, -0.25) is 4.90 Å². The van der Waals surface area contributed by atoms with E-state index in [1.165, 1.54) is 0 Å². The molecule has 0 aromatic heterocycles. The fourth-order valence-corrected chi connectivity index (χ4v) is 3.00. The number of aromatic carboxylic acids is 1. The van der Waals surface area contributed by atoms with Gasteiger partial charge in [0.1, 0.15) is 0 Å². The van der Waals surface area contributed by atoms with E-state index in [-0.39, 0.29) is 6.04 Å². The molecule has 2 aromatic carbocycles. The van der Waals surface area contributed by atoms with Gasteiger partial charge >= 0.3 is 5.97 Å². The molecule has 2 aromatic rings. The highest BCUT2D eigenvalue weighted by molar-refractivity contribution is 5.89. The number of nitrogens with zero attached hydrogens (tertiary/aromatic N) is 1. The van der Waals surface area contributed by atoms with Crippen molar-refractivity contribution in [3.63, 3.8) is 0 Å². The Hall–Kier alpha value is -2.17. The first-order valence-electron chi connectivity index (χ1n) is 7.53. The first-order valence-corrected chi connectivity index (χ1v) is 7.53. The number of carbonyl (C=O) groups is 1. The van der Waals surface area contributed by atoms with Crippen LogP contribution in [0.2, 0.25) is 0 Å². The molecule has 0 bridgehead atoms. The lowest BCUT2D eigenvalue weighted by molar-refractivity contribution is 0.0696. The summed E-state index contributed by atoms with van der Waals surface area (Å²) in [5.41, 5.74) is 9.54. The van der Waals surface area contributed by atoms with Gasteiger partial charge in [0.05, 0.1) is 5.56 Å². The number of carboxylic acids is 1. The molecule has 3 N–H and O–H groups in total. The van der Waals surface area contributed by atoms with Crippen LogP contribution in [0.5, 0.6) is 0 Å². The molecule has 1 saturated heterocycles. The molecule has 0 aliphatic carbocycles. The van der Waals surface area contributed by atoms with Gasteiger partial charge in [0.15, 0.2) is 0 Å². The predicted molar refractivity (Wildman–Crippen MR) is 86.7 cm³/mol. The minimum absolute atomic E-state index is 0.225. The van der Waals surface area contributed by atoms with Crippen molar-refractivity contribution < 1.29 is 9.90 Å². The summed E-state index contributed by atoms with van der Waals surface area (Å²) >= 11 is 0. The van der Waals surface area contributed by atoms with Gasteiger partial charge < -0.3 is 10.8 Å². The molecule has 0 spiro atoms. The van der Waals surface area contributed by atoms with Gasteiger partial charge in [-0.1, -0.05) is 36.4 Å². The van der Waals surface area contributed by atoms with E-state index in [1.54, 1.807) is 12.1 Å². The second kappa shape index (κ2) is 6.30. The van der Waals surface area contributed by atoms with E-state index >= 15 is 0 Å². The first kappa shape index (κ1) is 14.8. The molecule has 114 valence electrons. The maximum absolute atomic E-state index is 11.3. The van der Waals surface area contributed by atoms with E-state index in [0.29, 0.717) is 5.56 Å². The fraction of sp³-hybridized carbons (Fsp3) is 0.278. The molecular formula is C18H20N2O2. The molecule has 0 saturated carbocycles. The van der Waals surface area contributed by atoms with Crippen LogP contribution >= 0.6 is 0 Å². The minimum Gasteiger partial charge on any atom is -0.478 e. The summed E-state index contributed by atoms with van der Waals surface area (Å²) in [6, 6.07) is 15.7. The Morgan fingerprint density at radius 3 is 2.64 bits per heavy atom. The van der Waals surface area contributed by atoms with Crippen LogP contribution in [-0.4, -0.2) is 35.1 Å². The Bertz CT molecular complexity index is 670. The highest BCUT2D eigenvalue weighted by atomic mass is 16.4. The normalized spacial score (nSPS) is 18.5. The zero-order chi connectivity index (χ0) is 15.5. The van der Waals surface area contributed by atoms with Gasteiger partial charge in [-0.05, 0) is 35.2 Å². The van der Waals surface area contributed by atoms with Gasteiger partial charge in [0.2, 0.25) is 0 Å². The Kier molecular flexibility index (Phi) is 4.22. The predicted octanol–water partition coefficient (Wildman–Crippen LogP) is 2.58. The molecule has 0 amide bonds. The quantitative estimate of drug-likeness (QED) is 0.910. The summed E-state index contributed by atoms with van der Waals surface area (Å²) in [5, 5.41) is 9.24. The fourth-order valence-electron chi connectivity index (χ4n) is 3.00. The first-order chi connectivity index (χ1) is 10.6. The number of hydrogen-bond donors (Lipinski definition) is 2. The highest BCUT2D eigenvalue weighted by Gasteiger charge is 2.20. The molecule has 1 heterocycles. The molecule has 1 unspecified atom stereocenters. The van der Waals surface area contributed by atoms with Crippen molar-refractivity contribution >= 4 is 5.97 Å². The average Bonchev–Trinajstić information content (AvgIpc) is 2.93. The third kappa shape index (κ3) is 3.18. The van der Waals surface area contributed by atoms with E-state index in [2.05, 4.69) is 17.0 Å². The monoisotopic (exact) mass is 296 g/mol. The molecule has 1 fully saturated rings. The number of carboxylic acid groups (broad SMARTS) is 1. The molecule has 3 rings (SSSR count). The minimum atomic E-state index is -0.890. The van der Waals surface area contributed by atoms with Crippen LogP contribution in [0.4, 0.5) is 0 Å². The summed E-state index contributed by atoms with van der Waals surface area (Å²) in [6.07, 6.45) is 0.999. The van der Waals surface area contributed by atoms with Crippen molar-refractivity contribution in [3.8, 4) is 11.1 Å². The molecule has 1 aliphatic rings. The van der Waals surface area contributed by atoms with Crippen LogP contribution in [-0.2, 0) is 6.54 Å². The maximum Gasteiger partial charge on any atom is 0.335 e. The van der Waals surface area contributed by atoms with Crippen molar-refractivity contribution in [1.29, 1.82) is 0 Å². The van der Waals surface area contributed by atoms with Crippen molar-refractivity contribution in [2.24, 2.45) is 5.73 Å². The molecule has 1 aliphatic heterocycles. The lowest BCUT2D eigenvalue weighted by atomic mass is 9.97. The number of rotatable bonds is 4. The topological polar surface area (TPSA) is 66.6 Å². The molecule has 0 radical (unpaired) electrons. The zero-order valence-electron chi connectivity index (χ0n) is 12.4. The summed E-state index contributed by atoms with van der Waals surface area (Å²) in [7, 11) is 0. The second-order valence-electron chi connectivity index (χ2n) is 5.83. The van der Waals surface area contributed by atoms with Gasteiger partial charge in [-0.25, -0.2) is 4.79 Å². The second-order valence-corrected chi connectivity index (χ2v) is 5.83. The lowest BCUT2D eigenvalue weighted by Crippen LogP contribution is -2.26. The van der Waals surface area contributed by atoms with Crippen LogP contribution in [0.15, 0.2) is 48.5 Å². The van der Waals surface area contributed by atoms with Crippen LogP contribution in [0.3, 0.4) is 0 Å². The van der Waals surface area contributed by atoms with Crippen molar-refractivity contribution in [1.82, 2.24) is 4.90 Å². The Morgan fingerprint density at radius 2 is 2.00 bits per heavy atom. The van der Waals surface area contributed by atoms with E-state index in [0.717, 1.165) is 42.7 Å². The average molecular weight is 296 g/mol. The van der Waals surface area contributed by atoms with E-state index in [9.17, 15) is 9.90 Å². The summed E-state index contributed by atoms with van der Waals surface area (Å²) < 4.78 is 0. The summed E-state index contributed by atoms with van der Waals surface area (Å²) in [4.78, 5) is 13.5. The molecule has 4 nitrogen and oxygen atoms in total. The van der Waals surface area contributed by atoms with Crippen molar-refractivity contribution in [2.75, 3.05) is 13.1 Å². The maximum atomic E-state index is 11.3. The Balaban J connectivity index is 1.96. The number of nitrogens with two attached hydrogens (primary N) is 1. The van der Waals surface area contributed by atoms with Gasteiger partial charge in [0.25, 0.3) is 0 Å². The molecule has 22 heavy (non-hydrogen) atoms. The largest absolute Gasteiger partial charge is 0.478 e. The standard InChI is InChI=1S/C18H20N2O2/c19-16-8-9-20(12-16)11-15-10-14(18(21)22)6-7-17(15)13-4-2-1-3-5-13/h1-7,10,16H,8-9,11-12,19H2,(H,21,22). The Morgan fingerprint density at radius 1 is 1.23 bits per heavy atom. The smallest absolute Gasteiger partial charge is 0.335 e. The van der Waals surface area contributed by atoms with Crippen LogP contribution in [0.1, 0.15) is 22.3 Å². The van der Waals surface area contributed by atoms with Gasteiger partial charge in [0, 0.05) is 25.7 Å². The highest BCUT2D eigenvalue weighted by Crippen LogP contribution is 2.27.